The second-order valence-electron chi connectivity index (χ2n) is 7.31. The summed E-state index contributed by atoms with van der Waals surface area (Å²) < 4.78 is 5.36. The summed E-state index contributed by atoms with van der Waals surface area (Å²) in [5, 5.41) is 3.07. The van der Waals surface area contributed by atoms with Crippen LogP contribution in [0.4, 0.5) is 4.79 Å². The minimum Gasteiger partial charge on any atom is -0.444 e. The van der Waals surface area contributed by atoms with Gasteiger partial charge in [-0.1, -0.05) is 13.8 Å². The van der Waals surface area contributed by atoms with E-state index in [4.69, 9.17) is 10.5 Å². The van der Waals surface area contributed by atoms with Crippen LogP contribution in [0, 0.1) is 11.8 Å². The molecular formula is C14H26N2O2. The van der Waals surface area contributed by atoms with Crippen LogP contribution in [-0.4, -0.2) is 22.8 Å². The van der Waals surface area contributed by atoms with Crippen molar-refractivity contribution < 1.29 is 9.53 Å². The molecule has 4 heteroatoms. The van der Waals surface area contributed by atoms with Gasteiger partial charge in [0.15, 0.2) is 0 Å². The molecule has 0 aromatic heterocycles. The minimum atomic E-state index is -0.460. The Morgan fingerprint density at radius 2 is 1.94 bits per heavy atom. The van der Waals surface area contributed by atoms with Gasteiger partial charge in [0.1, 0.15) is 5.60 Å². The number of nitrogens with one attached hydrogen (secondary N) is 1. The zero-order valence-corrected chi connectivity index (χ0v) is 12.2. The van der Waals surface area contributed by atoms with Crippen molar-refractivity contribution in [3.63, 3.8) is 0 Å². The van der Waals surface area contributed by atoms with Crippen LogP contribution in [0.25, 0.3) is 0 Å². The fraction of sp³-hybridized carbons (Fsp3) is 0.929. The summed E-state index contributed by atoms with van der Waals surface area (Å²) in [6.45, 7) is 10.0. The van der Waals surface area contributed by atoms with Crippen LogP contribution in [0.1, 0.15) is 53.9 Å². The molecule has 0 saturated heterocycles. The third-order valence-electron chi connectivity index (χ3n) is 4.22. The molecule has 0 bridgehead atoms. The van der Waals surface area contributed by atoms with Crippen LogP contribution < -0.4 is 11.1 Å². The predicted molar refractivity (Wildman–Crippen MR) is 71.2 cm³/mol. The van der Waals surface area contributed by atoms with Crippen molar-refractivity contribution in [1.29, 1.82) is 0 Å². The van der Waals surface area contributed by atoms with Crippen LogP contribution in [0.3, 0.4) is 0 Å². The number of hydrogen-bond donors (Lipinski definition) is 2. The molecule has 0 radical (unpaired) electrons. The first kappa shape index (κ1) is 13.7. The van der Waals surface area contributed by atoms with Crippen molar-refractivity contribution in [2.45, 2.75) is 70.6 Å². The average molecular weight is 254 g/mol. The Balaban J connectivity index is 2.03. The van der Waals surface area contributed by atoms with Gasteiger partial charge in [0.2, 0.25) is 0 Å². The molecule has 0 aromatic rings. The molecule has 0 spiro atoms. The molecule has 104 valence electrons. The Labute approximate surface area is 110 Å². The van der Waals surface area contributed by atoms with E-state index in [0.717, 1.165) is 19.3 Å². The highest BCUT2D eigenvalue weighted by molar-refractivity contribution is 5.70. The lowest BCUT2D eigenvalue weighted by Gasteiger charge is -2.29. The van der Waals surface area contributed by atoms with Crippen LogP contribution in [-0.2, 0) is 4.74 Å². The van der Waals surface area contributed by atoms with Crippen molar-refractivity contribution in [3.8, 4) is 0 Å². The lowest BCUT2D eigenvalue weighted by Crippen LogP contribution is -2.55. The molecule has 0 aromatic carbocycles. The van der Waals surface area contributed by atoms with Gasteiger partial charge in [0, 0.05) is 5.54 Å². The molecule has 1 amide bonds. The molecule has 2 unspecified atom stereocenters. The highest BCUT2D eigenvalue weighted by Crippen LogP contribution is 2.61. The van der Waals surface area contributed by atoms with Crippen LogP contribution >= 0.6 is 0 Å². The van der Waals surface area contributed by atoms with Gasteiger partial charge < -0.3 is 15.8 Å². The summed E-state index contributed by atoms with van der Waals surface area (Å²) in [5.41, 5.74) is 5.48. The maximum Gasteiger partial charge on any atom is 0.408 e. The number of ether oxygens (including phenoxy) is 1. The maximum atomic E-state index is 12.0. The van der Waals surface area contributed by atoms with E-state index in [0.29, 0.717) is 11.8 Å². The van der Waals surface area contributed by atoms with E-state index in [1.165, 1.54) is 0 Å². The first-order valence-corrected chi connectivity index (χ1v) is 6.90. The normalized spacial score (nSPS) is 33.2. The fourth-order valence-corrected chi connectivity index (χ4v) is 3.00. The summed E-state index contributed by atoms with van der Waals surface area (Å²) in [6, 6.07) is 0. The second kappa shape index (κ2) is 3.86. The standard InChI is InChI=1S/C14H26N2O2/c1-9(2)10-8-14(10,13(15)6-7-13)16-11(17)18-12(3,4)5/h9-10H,6-8,15H2,1-5H3,(H,16,17). The Kier molecular flexibility index (Phi) is 2.93. The van der Waals surface area contributed by atoms with Gasteiger partial charge in [-0.2, -0.15) is 0 Å². The van der Waals surface area contributed by atoms with Crippen molar-refractivity contribution in [3.05, 3.63) is 0 Å². The van der Waals surface area contributed by atoms with E-state index in [9.17, 15) is 4.79 Å². The first-order valence-electron chi connectivity index (χ1n) is 6.90. The highest BCUT2D eigenvalue weighted by Gasteiger charge is 2.71. The zero-order valence-electron chi connectivity index (χ0n) is 12.2. The lowest BCUT2D eigenvalue weighted by molar-refractivity contribution is 0.0473. The molecule has 2 fully saturated rings. The summed E-state index contributed by atoms with van der Waals surface area (Å²) in [4.78, 5) is 12.0. The van der Waals surface area contributed by atoms with Gasteiger partial charge in [0.05, 0.1) is 5.54 Å². The predicted octanol–water partition coefficient (Wildman–Crippen LogP) is 2.42. The molecule has 18 heavy (non-hydrogen) atoms. The number of carbonyl (C=O) groups is 1. The fourth-order valence-electron chi connectivity index (χ4n) is 3.00. The van der Waals surface area contributed by atoms with Crippen molar-refractivity contribution in [2.24, 2.45) is 17.6 Å². The number of carbonyl (C=O) groups excluding carboxylic acids is 1. The number of nitrogens with two attached hydrogens (primary N) is 1. The third kappa shape index (κ3) is 2.35. The van der Waals surface area contributed by atoms with E-state index < -0.39 is 5.60 Å². The summed E-state index contributed by atoms with van der Waals surface area (Å²) in [6.07, 6.45) is 2.67. The first-order chi connectivity index (χ1) is 8.10. The Morgan fingerprint density at radius 1 is 1.39 bits per heavy atom. The van der Waals surface area contributed by atoms with E-state index >= 15 is 0 Å². The molecule has 2 rings (SSSR count). The quantitative estimate of drug-likeness (QED) is 0.813. The third-order valence-corrected chi connectivity index (χ3v) is 4.22. The number of hydrogen-bond acceptors (Lipinski definition) is 3. The molecule has 2 aliphatic rings. The van der Waals surface area contributed by atoms with Crippen molar-refractivity contribution in [1.82, 2.24) is 5.32 Å². The molecule has 4 nitrogen and oxygen atoms in total. The summed E-state index contributed by atoms with van der Waals surface area (Å²) >= 11 is 0. The monoisotopic (exact) mass is 254 g/mol. The van der Waals surface area contributed by atoms with E-state index in [1.807, 2.05) is 20.8 Å². The second-order valence-corrected chi connectivity index (χ2v) is 7.31. The number of rotatable bonds is 3. The zero-order chi connectivity index (χ0) is 13.8. The molecular weight excluding hydrogens is 228 g/mol. The minimum absolute atomic E-state index is 0.196. The molecule has 2 saturated carbocycles. The van der Waals surface area contributed by atoms with E-state index in [1.54, 1.807) is 0 Å². The smallest absolute Gasteiger partial charge is 0.408 e. The average Bonchev–Trinajstić information content (AvgIpc) is 2.99. The van der Waals surface area contributed by atoms with Crippen molar-refractivity contribution >= 4 is 6.09 Å². The van der Waals surface area contributed by atoms with Crippen LogP contribution in [0.5, 0.6) is 0 Å². The Bertz CT molecular complexity index is 355. The molecule has 2 aliphatic carbocycles. The number of alkyl carbamates (subject to hydrolysis) is 1. The number of amides is 1. The van der Waals surface area contributed by atoms with E-state index in [2.05, 4.69) is 19.2 Å². The van der Waals surface area contributed by atoms with Gasteiger partial charge in [0.25, 0.3) is 0 Å². The maximum absolute atomic E-state index is 12.0. The van der Waals surface area contributed by atoms with Crippen LogP contribution in [0.15, 0.2) is 0 Å². The highest BCUT2D eigenvalue weighted by atomic mass is 16.6. The van der Waals surface area contributed by atoms with Gasteiger partial charge in [-0.25, -0.2) is 4.79 Å². The molecule has 3 N–H and O–H groups in total. The Morgan fingerprint density at radius 3 is 2.28 bits per heavy atom. The SMILES string of the molecule is CC(C)C1CC1(NC(=O)OC(C)(C)C)C1(N)CC1. The van der Waals surface area contributed by atoms with E-state index in [-0.39, 0.29) is 17.2 Å². The molecule has 0 heterocycles. The Hall–Kier alpha value is -0.770. The van der Waals surface area contributed by atoms with Gasteiger partial charge in [-0.3, -0.25) is 0 Å². The summed E-state index contributed by atoms with van der Waals surface area (Å²) in [5.74, 6) is 1.03. The van der Waals surface area contributed by atoms with Gasteiger partial charge in [-0.05, 0) is 51.9 Å². The van der Waals surface area contributed by atoms with Gasteiger partial charge >= 0.3 is 6.09 Å². The molecule has 2 atom stereocenters. The molecule has 0 aliphatic heterocycles. The largest absolute Gasteiger partial charge is 0.444 e. The van der Waals surface area contributed by atoms with Crippen molar-refractivity contribution in [2.75, 3.05) is 0 Å². The topological polar surface area (TPSA) is 64.3 Å². The summed E-state index contributed by atoms with van der Waals surface area (Å²) in [7, 11) is 0. The van der Waals surface area contributed by atoms with Crippen LogP contribution in [0.2, 0.25) is 0 Å². The lowest BCUT2D eigenvalue weighted by atomic mass is 9.96. The van der Waals surface area contributed by atoms with Gasteiger partial charge in [-0.15, -0.1) is 0 Å².